The molecule has 94 valence electrons. The van der Waals surface area contributed by atoms with Crippen LogP contribution in [0.2, 0.25) is 0 Å². The third-order valence-corrected chi connectivity index (χ3v) is 2.83. The van der Waals surface area contributed by atoms with Crippen molar-refractivity contribution in [2.24, 2.45) is 5.92 Å². The van der Waals surface area contributed by atoms with Gasteiger partial charge in [0, 0.05) is 11.8 Å². The topological polar surface area (TPSA) is 69.8 Å². The van der Waals surface area contributed by atoms with E-state index < -0.39 is 0 Å². The van der Waals surface area contributed by atoms with Crippen LogP contribution < -0.4 is 10.6 Å². The maximum Gasteiger partial charge on any atom is 0.239 e. The molecule has 0 radical (unpaired) electrons. The molecule has 5 heteroatoms. The molecule has 0 unspecified atom stereocenters. The molecule has 0 atom stereocenters. The molecular weight excluding hydrogens is 216 g/mol. The molecule has 3 N–H and O–H groups in total. The minimum Gasteiger partial charge on any atom is -0.308 e. The summed E-state index contributed by atoms with van der Waals surface area (Å²) in [5.74, 6) is 1.39. The number of carbonyl (C=O) groups is 1. The average molecular weight is 236 g/mol. The zero-order valence-corrected chi connectivity index (χ0v) is 10.3. The molecule has 1 aromatic rings. The fourth-order valence-corrected chi connectivity index (χ4v) is 1.72. The van der Waals surface area contributed by atoms with Gasteiger partial charge in [-0.3, -0.25) is 9.89 Å². The third kappa shape index (κ3) is 4.19. The smallest absolute Gasteiger partial charge is 0.239 e. The number of amides is 1. The summed E-state index contributed by atoms with van der Waals surface area (Å²) in [5, 5.41) is 12.9. The van der Waals surface area contributed by atoms with E-state index in [1.54, 1.807) is 0 Å². The minimum atomic E-state index is -0.0276. The lowest BCUT2D eigenvalue weighted by atomic mass is 10.2. The summed E-state index contributed by atoms with van der Waals surface area (Å²) < 4.78 is 0. The Balaban J connectivity index is 1.68. The van der Waals surface area contributed by atoms with Gasteiger partial charge in [0.1, 0.15) is 0 Å². The fourth-order valence-electron chi connectivity index (χ4n) is 1.72. The molecule has 0 spiro atoms. The Morgan fingerprint density at radius 1 is 1.59 bits per heavy atom. The number of aryl methyl sites for hydroxylation is 1. The molecular formula is C12H20N4O. The van der Waals surface area contributed by atoms with E-state index in [1.807, 2.05) is 6.07 Å². The lowest BCUT2D eigenvalue weighted by molar-refractivity contribution is -0.115. The third-order valence-electron chi connectivity index (χ3n) is 2.83. The molecule has 17 heavy (non-hydrogen) atoms. The monoisotopic (exact) mass is 236 g/mol. The van der Waals surface area contributed by atoms with Gasteiger partial charge in [-0.2, -0.15) is 5.10 Å². The molecule has 1 heterocycles. The van der Waals surface area contributed by atoms with Crippen molar-refractivity contribution in [1.82, 2.24) is 15.5 Å². The molecule has 5 nitrogen and oxygen atoms in total. The van der Waals surface area contributed by atoms with Gasteiger partial charge in [0.15, 0.2) is 5.82 Å². The molecule has 1 amide bonds. The van der Waals surface area contributed by atoms with Crippen molar-refractivity contribution in [2.45, 2.75) is 32.6 Å². The van der Waals surface area contributed by atoms with E-state index in [4.69, 9.17) is 0 Å². The summed E-state index contributed by atoms with van der Waals surface area (Å²) in [6.07, 6.45) is 4.63. The van der Waals surface area contributed by atoms with Crippen LogP contribution in [0.15, 0.2) is 6.07 Å². The van der Waals surface area contributed by atoms with Crippen molar-refractivity contribution < 1.29 is 4.79 Å². The molecule has 0 bridgehead atoms. The second kappa shape index (κ2) is 5.82. The first-order chi connectivity index (χ1) is 8.28. The Hall–Kier alpha value is -1.36. The van der Waals surface area contributed by atoms with Gasteiger partial charge in [-0.1, -0.05) is 13.3 Å². The Morgan fingerprint density at radius 3 is 3.12 bits per heavy atom. The van der Waals surface area contributed by atoms with E-state index in [0.717, 1.165) is 31.0 Å². The van der Waals surface area contributed by atoms with E-state index in [0.29, 0.717) is 12.4 Å². The molecule has 2 rings (SSSR count). The number of rotatable bonds is 7. The van der Waals surface area contributed by atoms with E-state index in [-0.39, 0.29) is 5.91 Å². The molecule has 0 aliphatic heterocycles. The van der Waals surface area contributed by atoms with Crippen molar-refractivity contribution in [3.05, 3.63) is 11.8 Å². The highest BCUT2D eigenvalue weighted by atomic mass is 16.2. The molecule has 1 aliphatic rings. The van der Waals surface area contributed by atoms with Crippen LogP contribution in [0.4, 0.5) is 5.82 Å². The molecule has 0 aromatic carbocycles. The van der Waals surface area contributed by atoms with Crippen molar-refractivity contribution in [3.63, 3.8) is 0 Å². The minimum absolute atomic E-state index is 0.0276. The van der Waals surface area contributed by atoms with Crippen molar-refractivity contribution in [1.29, 1.82) is 0 Å². The van der Waals surface area contributed by atoms with Gasteiger partial charge in [-0.15, -0.1) is 0 Å². The Morgan fingerprint density at radius 2 is 2.41 bits per heavy atom. The van der Waals surface area contributed by atoms with Crippen LogP contribution >= 0.6 is 0 Å². The first-order valence-electron chi connectivity index (χ1n) is 6.32. The second-order valence-electron chi connectivity index (χ2n) is 4.65. The zero-order valence-electron chi connectivity index (χ0n) is 10.3. The number of aromatic nitrogens is 2. The summed E-state index contributed by atoms with van der Waals surface area (Å²) in [7, 11) is 0. The highest BCUT2D eigenvalue weighted by Gasteiger charge is 2.20. The second-order valence-corrected chi connectivity index (χ2v) is 4.65. The van der Waals surface area contributed by atoms with Crippen LogP contribution in [0, 0.1) is 5.92 Å². The molecule has 1 fully saturated rings. The summed E-state index contributed by atoms with van der Waals surface area (Å²) >= 11 is 0. The van der Waals surface area contributed by atoms with Crippen LogP contribution in [0.1, 0.15) is 31.9 Å². The maximum absolute atomic E-state index is 11.6. The van der Waals surface area contributed by atoms with E-state index in [2.05, 4.69) is 27.8 Å². The SMILES string of the molecule is CCCc1cc(NC(=O)CNCC2CC2)n[nH]1. The van der Waals surface area contributed by atoms with E-state index in [1.165, 1.54) is 12.8 Å². The summed E-state index contributed by atoms with van der Waals surface area (Å²) in [6, 6.07) is 1.89. The van der Waals surface area contributed by atoms with Gasteiger partial charge >= 0.3 is 0 Å². The van der Waals surface area contributed by atoms with E-state index >= 15 is 0 Å². The first-order valence-corrected chi connectivity index (χ1v) is 6.32. The maximum atomic E-state index is 11.6. The van der Waals surface area contributed by atoms with E-state index in [9.17, 15) is 4.79 Å². The first kappa shape index (κ1) is 12.1. The predicted molar refractivity (Wildman–Crippen MR) is 66.8 cm³/mol. The van der Waals surface area contributed by atoms with Gasteiger partial charge in [-0.05, 0) is 31.7 Å². The Kier molecular flexibility index (Phi) is 4.14. The van der Waals surface area contributed by atoms with Crippen molar-refractivity contribution in [3.8, 4) is 0 Å². The van der Waals surface area contributed by atoms with Crippen LogP contribution in [0.3, 0.4) is 0 Å². The normalized spacial score (nSPS) is 14.9. The van der Waals surface area contributed by atoms with Gasteiger partial charge in [0.25, 0.3) is 0 Å². The molecule has 1 saturated carbocycles. The number of nitrogens with one attached hydrogen (secondary N) is 3. The Labute approximate surface area is 101 Å². The number of hydrogen-bond acceptors (Lipinski definition) is 3. The quantitative estimate of drug-likeness (QED) is 0.668. The lowest BCUT2D eigenvalue weighted by Crippen LogP contribution is -2.29. The standard InChI is InChI=1S/C12H20N4O/c1-2-3-10-6-11(16-15-10)14-12(17)8-13-7-9-4-5-9/h6,9,13H,2-5,7-8H2,1H3,(H2,14,15,16,17). The number of hydrogen-bond donors (Lipinski definition) is 3. The van der Waals surface area contributed by atoms with Gasteiger partial charge in [0.2, 0.25) is 5.91 Å². The van der Waals surface area contributed by atoms with Crippen molar-refractivity contribution in [2.75, 3.05) is 18.4 Å². The van der Waals surface area contributed by atoms with Crippen LogP contribution in [-0.2, 0) is 11.2 Å². The lowest BCUT2D eigenvalue weighted by Gasteiger charge is -2.03. The highest BCUT2D eigenvalue weighted by Crippen LogP contribution is 2.27. The number of nitrogens with zero attached hydrogens (tertiary/aromatic N) is 1. The van der Waals surface area contributed by atoms with Crippen LogP contribution in [0.25, 0.3) is 0 Å². The number of anilines is 1. The average Bonchev–Trinajstić information content (AvgIpc) is 3.01. The zero-order chi connectivity index (χ0) is 12.1. The number of carbonyl (C=O) groups excluding carboxylic acids is 1. The summed E-state index contributed by atoms with van der Waals surface area (Å²) in [4.78, 5) is 11.6. The van der Waals surface area contributed by atoms with Crippen molar-refractivity contribution >= 4 is 11.7 Å². The predicted octanol–water partition coefficient (Wildman–Crippen LogP) is 1.30. The molecule has 1 aliphatic carbocycles. The number of H-pyrrole nitrogens is 1. The fraction of sp³-hybridized carbons (Fsp3) is 0.667. The van der Waals surface area contributed by atoms with Crippen LogP contribution in [0.5, 0.6) is 0 Å². The number of aromatic amines is 1. The van der Waals surface area contributed by atoms with Gasteiger partial charge in [-0.25, -0.2) is 0 Å². The summed E-state index contributed by atoms with van der Waals surface area (Å²) in [5.41, 5.74) is 1.06. The summed E-state index contributed by atoms with van der Waals surface area (Å²) in [6.45, 7) is 3.43. The highest BCUT2D eigenvalue weighted by molar-refractivity contribution is 5.91. The van der Waals surface area contributed by atoms with Gasteiger partial charge < -0.3 is 10.6 Å². The molecule has 1 aromatic heterocycles. The Bertz CT molecular complexity index is 370. The van der Waals surface area contributed by atoms with Gasteiger partial charge in [0.05, 0.1) is 6.54 Å². The van der Waals surface area contributed by atoms with Crippen LogP contribution in [-0.4, -0.2) is 29.2 Å². The largest absolute Gasteiger partial charge is 0.308 e. The molecule has 0 saturated heterocycles.